The van der Waals surface area contributed by atoms with E-state index in [1.807, 2.05) is 10.9 Å². The van der Waals surface area contributed by atoms with Crippen molar-refractivity contribution in [3.63, 3.8) is 0 Å². The van der Waals surface area contributed by atoms with Gasteiger partial charge in [-0.3, -0.25) is 9.69 Å². The van der Waals surface area contributed by atoms with Gasteiger partial charge in [-0.2, -0.15) is 0 Å². The first kappa shape index (κ1) is 19.5. The Morgan fingerprint density at radius 1 is 1.18 bits per heavy atom. The summed E-state index contributed by atoms with van der Waals surface area (Å²) in [6.45, 7) is 3.00. The van der Waals surface area contributed by atoms with Crippen molar-refractivity contribution >= 4 is 17.7 Å². The fourth-order valence-corrected chi connectivity index (χ4v) is 4.68. The Hall–Kier alpha value is -1.86. The quantitative estimate of drug-likeness (QED) is 0.753. The molecule has 1 saturated heterocycles. The van der Waals surface area contributed by atoms with Crippen molar-refractivity contribution in [3.8, 4) is 0 Å². The SMILES string of the molecule is CSc1ccc(CN2CCC[C@H](n3cc(C(=O)NC4CCCC4)nn3)C2)cc1. The van der Waals surface area contributed by atoms with E-state index in [0.717, 1.165) is 45.3 Å². The van der Waals surface area contributed by atoms with Gasteiger partial charge in [0.05, 0.1) is 12.2 Å². The van der Waals surface area contributed by atoms with Crippen LogP contribution in [0.4, 0.5) is 0 Å². The van der Waals surface area contributed by atoms with E-state index in [0.29, 0.717) is 11.7 Å². The fourth-order valence-electron chi connectivity index (χ4n) is 4.27. The molecule has 28 heavy (non-hydrogen) atoms. The number of rotatable bonds is 6. The summed E-state index contributed by atoms with van der Waals surface area (Å²) in [4.78, 5) is 16.2. The third-order valence-corrected chi connectivity index (χ3v) is 6.60. The smallest absolute Gasteiger partial charge is 0.273 e. The van der Waals surface area contributed by atoms with Crippen LogP contribution in [0.3, 0.4) is 0 Å². The van der Waals surface area contributed by atoms with Gasteiger partial charge in [-0.25, -0.2) is 4.68 Å². The van der Waals surface area contributed by atoms with Crippen molar-refractivity contribution in [1.82, 2.24) is 25.2 Å². The molecule has 1 N–H and O–H groups in total. The van der Waals surface area contributed by atoms with Crippen molar-refractivity contribution in [2.75, 3.05) is 19.3 Å². The van der Waals surface area contributed by atoms with Crippen LogP contribution in [0.15, 0.2) is 35.4 Å². The van der Waals surface area contributed by atoms with Crippen molar-refractivity contribution in [3.05, 3.63) is 41.7 Å². The summed E-state index contributed by atoms with van der Waals surface area (Å²) in [5.41, 5.74) is 1.78. The molecule has 1 aromatic heterocycles. The van der Waals surface area contributed by atoms with Gasteiger partial charge in [0, 0.05) is 24.0 Å². The Morgan fingerprint density at radius 2 is 1.96 bits per heavy atom. The van der Waals surface area contributed by atoms with Crippen LogP contribution >= 0.6 is 11.8 Å². The van der Waals surface area contributed by atoms with Gasteiger partial charge in [0.15, 0.2) is 5.69 Å². The zero-order valence-electron chi connectivity index (χ0n) is 16.5. The molecule has 0 bridgehead atoms. The molecule has 2 aliphatic rings. The number of thioether (sulfide) groups is 1. The fraction of sp³-hybridized carbons (Fsp3) is 0.571. The molecule has 1 saturated carbocycles. The Morgan fingerprint density at radius 3 is 2.71 bits per heavy atom. The van der Waals surface area contributed by atoms with Gasteiger partial charge in [-0.15, -0.1) is 16.9 Å². The summed E-state index contributed by atoms with van der Waals surface area (Å²) < 4.78 is 1.90. The molecule has 1 atom stereocenters. The number of piperidine rings is 1. The molecule has 1 aliphatic carbocycles. The first-order valence-electron chi connectivity index (χ1n) is 10.3. The van der Waals surface area contributed by atoms with Gasteiger partial charge in [-0.05, 0) is 56.2 Å². The second-order valence-electron chi connectivity index (χ2n) is 7.92. The lowest BCUT2D eigenvalue weighted by atomic mass is 10.0. The molecule has 150 valence electrons. The van der Waals surface area contributed by atoms with E-state index in [9.17, 15) is 4.79 Å². The van der Waals surface area contributed by atoms with E-state index in [2.05, 4.69) is 51.1 Å². The summed E-state index contributed by atoms with van der Waals surface area (Å²) >= 11 is 1.77. The molecule has 2 aromatic rings. The Bertz CT molecular complexity index is 784. The molecule has 7 heteroatoms. The highest BCUT2D eigenvalue weighted by Crippen LogP contribution is 2.23. The summed E-state index contributed by atoms with van der Waals surface area (Å²) in [6.07, 6.45) is 10.7. The van der Waals surface area contributed by atoms with Crippen LogP contribution in [0.5, 0.6) is 0 Å². The van der Waals surface area contributed by atoms with Crippen LogP contribution in [0, 0.1) is 0 Å². The summed E-state index contributed by atoms with van der Waals surface area (Å²) in [6, 6.07) is 9.40. The first-order valence-corrected chi connectivity index (χ1v) is 11.5. The highest BCUT2D eigenvalue weighted by molar-refractivity contribution is 7.98. The number of nitrogens with zero attached hydrogens (tertiary/aromatic N) is 4. The number of carbonyl (C=O) groups is 1. The highest BCUT2D eigenvalue weighted by Gasteiger charge is 2.24. The van der Waals surface area contributed by atoms with Crippen LogP contribution in [0.25, 0.3) is 0 Å². The average molecular weight is 400 g/mol. The maximum absolute atomic E-state index is 12.4. The molecule has 6 nitrogen and oxygen atoms in total. The number of amides is 1. The molecule has 2 heterocycles. The van der Waals surface area contributed by atoms with Gasteiger partial charge in [0.2, 0.25) is 0 Å². The lowest BCUT2D eigenvalue weighted by Gasteiger charge is -2.32. The second kappa shape index (κ2) is 9.09. The normalized spacial score (nSPS) is 21.1. The van der Waals surface area contributed by atoms with Crippen molar-refractivity contribution in [2.45, 2.75) is 62.0 Å². The number of nitrogens with one attached hydrogen (secondary N) is 1. The third-order valence-electron chi connectivity index (χ3n) is 5.85. The van der Waals surface area contributed by atoms with Crippen LogP contribution in [-0.4, -0.2) is 51.2 Å². The monoisotopic (exact) mass is 399 g/mol. The predicted molar refractivity (Wildman–Crippen MR) is 112 cm³/mol. The van der Waals surface area contributed by atoms with Crippen molar-refractivity contribution < 1.29 is 4.79 Å². The lowest BCUT2D eigenvalue weighted by Crippen LogP contribution is -2.36. The molecule has 0 radical (unpaired) electrons. The lowest BCUT2D eigenvalue weighted by molar-refractivity contribution is 0.0932. The predicted octanol–water partition coefficient (Wildman–Crippen LogP) is 3.51. The van der Waals surface area contributed by atoms with E-state index >= 15 is 0 Å². The van der Waals surface area contributed by atoms with E-state index in [-0.39, 0.29) is 11.9 Å². The van der Waals surface area contributed by atoms with Crippen LogP contribution in [0.1, 0.15) is 60.6 Å². The summed E-state index contributed by atoms with van der Waals surface area (Å²) in [5.74, 6) is -0.0836. The van der Waals surface area contributed by atoms with Crippen LogP contribution < -0.4 is 5.32 Å². The zero-order valence-corrected chi connectivity index (χ0v) is 17.3. The molecular formula is C21H29N5OS. The maximum Gasteiger partial charge on any atom is 0.273 e. The molecular weight excluding hydrogens is 370 g/mol. The molecule has 0 spiro atoms. The van der Waals surface area contributed by atoms with E-state index in [1.165, 1.54) is 23.3 Å². The van der Waals surface area contributed by atoms with E-state index in [4.69, 9.17) is 0 Å². The molecule has 2 fully saturated rings. The Labute approximate surface area is 171 Å². The number of hydrogen-bond donors (Lipinski definition) is 1. The summed E-state index contributed by atoms with van der Waals surface area (Å²) in [5, 5.41) is 11.5. The van der Waals surface area contributed by atoms with Crippen LogP contribution in [-0.2, 0) is 6.54 Å². The minimum atomic E-state index is -0.0836. The minimum Gasteiger partial charge on any atom is -0.348 e. The largest absolute Gasteiger partial charge is 0.348 e. The molecule has 0 unspecified atom stereocenters. The number of aromatic nitrogens is 3. The first-order chi connectivity index (χ1) is 13.7. The van der Waals surface area contributed by atoms with E-state index in [1.54, 1.807) is 11.8 Å². The van der Waals surface area contributed by atoms with Gasteiger partial charge < -0.3 is 5.32 Å². The molecule has 4 rings (SSSR count). The third kappa shape index (κ3) is 4.75. The highest BCUT2D eigenvalue weighted by atomic mass is 32.2. The molecule has 1 aliphatic heterocycles. The van der Waals surface area contributed by atoms with Gasteiger partial charge in [0.25, 0.3) is 5.91 Å². The maximum atomic E-state index is 12.4. The van der Waals surface area contributed by atoms with Crippen LogP contribution in [0.2, 0.25) is 0 Å². The number of hydrogen-bond acceptors (Lipinski definition) is 5. The topological polar surface area (TPSA) is 63.1 Å². The minimum absolute atomic E-state index is 0.0836. The van der Waals surface area contributed by atoms with E-state index < -0.39 is 0 Å². The van der Waals surface area contributed by atoms with Crippen molar-refractivity contribution in [2.24, 2.45) is 0 Å². The zero-order chi connectivity index (χ0) is 19.3. The number of carbonyl (C=O) groups excluding carboxylic acids is 1. The van der Waals surface area contributed by atoms with Gasteiger partial charge in [-0.1, -0.05) is 30.2 Å². The average Bonchev–Trinajstić information content (AvgIpc) is 3.41. The molecule has 1 amide bonds. The van der Waals surface area contributed by atoms with Gasteiger partial charge in [0.1, 0.15) is 0 Å². The van der Waals surface area contributed by atoms with Gasteiger partial charge >= 0.3 is 0 Å². The number of likely N-dealkylation sites (tertiary alicyclic amines) is 1. The standard InChI is InChI=1S/C21H29N5OS/c1-28-19-10-8-16(9-11-19)13-25-12-4-7-18(14-25)26-15-20(23-24-26)21(27)22-17-5-2-3-6-17/h8-11,15,17-18H,2-7,12-14H2,1H3,(H,22,27)/t18-/m0/s1. The van der Waals surface area contributed by atoms with Crippen molar-refractivity contribution in [1.29, 1.82) is 0 Å². The summed E-state index contributed by atoms with van der Waals surface area (Å²) in [7, 11) is 0. The Balaban J connectivity index is 1.35. The Kier molecular flexibility index (Phi) is 6.32. The second-order valence-corrected chi connectivity index (χ2v) is 8.80. The number of benzene rings is 1. The molecule has 1 aromatic carbocycles.